The summed E-state index contributed by atoms with van der Waals surface area (Å²) in [6, 6.07) is 0. The second kappa shape index (κ2) is 5.81. The number of hydrogen-bond donors (Lipinski definition) is 1. The predicted octanol–water partition coefficient (Wildman–Crippen LogP) is 2.37. The highest BCUT2D eigenvalue weighted by molar-refractivity contribution is 6.00. The molecule has 0 amide bonds. The average Bonchev–Trinajstić information content (AvgIpc) is 2.11. The van der Waals surface area contributed by atoms with Gasteiger partial charge in [0.2, 0.25) is 0 Å². The fraction of sp³-hybridized carbons (Fsp3) is 0.700. The molecule has 0 aliphatic carbocycles. The van der Waals surface area contributed by atoms with Crippen molar-refractivity contribution in [3.63, 3.8) is 0 Å². The minimum atomic E-state index is 1.07. The lowest BCUT2D eigenvalue weighted by molar-refractivity contribution is 0.950. The summed E-state index contributed by atoms with van der Waals surface area (Å²) in [5.41, 5.74) is 3.70. The van der Waals surface area contributed by atoms with Gasteiger partial charge in [-0.2, -0.15) is 0 Å². The predicted molar refractivity (Wildman–Crippen MR) is 55.7 cm³/mol. The van der Waals surface area contributed by atoms with E-state index in [4.69, 9.17) is 0 Å². The van der Waals surface area contributed by atoms with Crippen LogP contribution >= 0.6 is 0 Å². The molecule has 0 aromatic rings. The van der Waals surface area contributed by atoms with Gasteiger partial charge in [-0.1, -0.05) is 13.3 Å². The summed E-state index contributed by atoms with van der Waals surface area (Å²) in [6.45, 7) is 6.37. The Morgan fingerprint density at radius 1 is 1.33 bits per heavy atom. The van der Waals surface area contributed by atoms with E-state index in [1.165, 1.54) is 17.0 Å². The Morgan fingerprint density at radius 3 is 2.25 bits per heavy atom. The Bertz CT molecular complexity index is 190. The van der Waals surface area contributed by atoms with Crippen molar-refractivity contribution in [1.82, 2.24) is 5.32 Å². The van der Waals surface area contributed by atoms with E-state index in [1.807, 2.05) is 14.1 Å². The first kappa shape index (κ1) is 11.2. The smallest absolute Gasteiger partial charge is 0.0390 e. The highest BCUT2D eigenvalue weighted by atomic mass is 14.8. The lowest BCUT2D eigenvalue weighted by Crippen LogP contribution is -2.10. The Balaban J connectivity index is 4.52. The van der Waals surface area contributed by atoms with E-state index in [1.54, 1.807) is 0 Å². The molecular weight excluding hydrogens is 148 g/mol. The maximum absolute atomic E-state index is 4.27. The van der Waals surface area contributed by atoms with Gasteiger partial charge in [0, 0.05) is 25.5 Å². The molecule has 0 radical (unpaired) electrons. The monoisotopic (exact) mass is 168 g/mol. The van der Waals surface area contributed by atoms with Crippen molar-refractivity contribution in [3.8, 4) is 0 Å². The molecule has 0 aromatic carbocycles. The van der Waals surface area contributed by atoms with Crippen LogP contribution in [0.2, 0.25) is 0 Å². The highest BCUT2D eigenvalue weighted by Crippen LogP contribution is 2.07. The average molecular weight is 168 g/mol. The van der Waals surface area contributed by atoms with Gasteiger partial charge in [0.25, 0.3) is 0 Å². The first-order valence-corrected chi connectivity index (χ1v) is 4.48. The first-order chi connectivity index (χ1) is 5.67. The maximum Gasteiger partial charge on any atom is 0.0390 e. The fourth-order valence-corrected chi connectivity index (χ4v) is 1.11. The quantitative estimate of drug-likeness (QED) is 0.640. The van der Waals surface area contributed by atoms with Crippen LogP contribution in [-0.4, -0.2) is 19.8 Å². The summed E-state index contributed by atoms with van der Waals surface area (Å²) in [5, 5.41) is 3.14. The van der Waals surface area contributed by atoms with Crippen molar-refractivity contribution in [1.29, 1.82) is 0 Å². The molecule has 12 heavy (non-hydrogen) atoms. The molecule has 1 N–H and O–H groups in total. The van der Waals surface area contributed by atoms with Crippen LogP contribution in [0.25, 0.3) is 0 Å². The maximum atomic E-state index is 4.27. The van der Waals surface area contributed by atoms with Crippen molar-refractivity contribution >= 4 is 5.71 Å². The van der Waals surface area contributed by atoms with Crippen LogP contribution < -0.4 is 5.32 Å². The third kappa shape index (κ3) is 3.07. The van der Waals surface area contributed by atoms with Gasteiger partial charge < -0.3 is 5.32 Å². The molecule has 0 spiro atoms. The van der Waals surface area contributed by atoms with E-state index >= 15 is 0 Å². The van der Waals surface area contributed by atoms with Crippen LogP contribution in [0, 0.1) is 0 Å². The third-order valence-electron chi connectivity index (χ3n) is 2.13. The van der Waals surface area contributed by atoms with E-state index in [-0.39, 0.29) is 0 Å². The van der Waals surface area contributed by atoms with Gasteiger partial charge in [0.05, 0.1) is 0 Å². The first-order valence-electron chi connectivity index (χ1n) is 4.48. The van der Waals surface area contributed by atoms with Crippen LogP contribution in [0.15, 0.2) is 16.3 Å². The van der Waals surface area contributed by atoms with Crippen LogP contribution in [0.1, 0.15) is 33.6 Å². The van der Waals surface area contributed by atoms with E-state index in [0.29, 0.717) is 0 Å². The van der Waals surface area contributed by atoms with Gasteiger partial charge in [0.15, 0.2) is 0 Å². The topological polar surface area (TPSA) is 24.4 Å². The van der Waals surface area contributed by atoms with E-state index in [0.717, 1.165) is 12.8 Å². The number of rotatable bonds is 4. The number of nitrogens with zero attached hydrogens (tertiary/aromatic N) is 1. The zero-order valence-electron chi connectivity index (χ0n) is 8.86. The van der Waals surface area contributed by atoms with Crippen LogP contribution in [-0.2, 0) is 0 Å². The van der Waals surface area contributed by atoms with Crippen molar-refractivity contribution in [2.24, 2.45) is 4.99 Å². The molecule has 0 aliphatic rings. The summed E-state index contributed by atoms with van der Waals surface area (Å²) in [6.07, 6.45) is 2.22. The molecule has 70 valence electrons. The molecule has 0 saturated carbocycles. The largest absolute Gasteiger partial charge is 0.391 e. The van der Waals surface area contributed by atoms with Gasteiger partial charge in [0.1, 0.15) is 0 Å². The van der Waals surface area contributed by atoms with Crippen LogP contribution in [0.5, 0.6) is 0 Å². The van der Waals surface area contributed by atoms with E-state index in [2.05, 4.69) is 31.1 Å². The number of nitrogens with one attached hydrogen (secondary N) is 1. The summed E-state index contributed by atoms with van der Waals surface area (Å²) in [4.78, 5) is 4.27. The van der Waals surface area contributed by atoms with E-state index < -0.39 is 0 Å². The van der Waals surface area contributed by atoms with Gasteiger partial charge in [-0.25, -0.2) is 0 Å². The van der Waals surface area contributed by atoms with Gasteiger partial charge in [-0.05, 0) is 25.8 Å². The van der Waals surface area contributed by atoms with Crippen molar-refractivity contribution in [2.45, 2.75) is 33.6 Å². The molecule has 2 nitrogen and oxygen atoms in total. The summed E-state index contributed by atoms with van der Waals surface area (Å²) in [5.74, 6) is 0. The van der Waals surface area contributed by atoms with Crippen molar-refractivity contribution in [2.75, 3.05) is 14.1 Å². The Kier molecular flexibility index (Phi) is 5.43. The summed E-state index contributed by atoms with van der Waals surface area (Å²) in [7, 11) is 3.80. The molecule has 0 bridgehead atoms. The second-order valence-electron chi connectivity index (χ2n) is 2.92. The molecular formula is C10H20N2. The number of allylic oxidation sites excluding steroid dienone is 2. The zero-order chi connectivity index (χ0) is 9.56. The zero-order valence-corrected chi connectivity index (χ0v) is 8.86. The van der Waals surface area contributed by atoms with Crippen molar-refractivity contribution < 1.29 is 0 Å². The minimum Gasteiger partial charge on any atom is -0.391 e. The molecule has 0 unspecified atom stereocenters. The number of aliphatic imine (C=N–C) groups is 1. The standard InChI is InChI=1S/C10H20N2/c1-6-7-10(12-5)8(2)9(3)11-4/h11H,6-7H2,1-5H3/b9-8+,12-10-. The fourth-order valence-electron chi connectivity index (χ4n) is 1.11. The molecule has 0 rings (SSSR count). The third-order valence-corrected chi connectivity index (χ3v) is 2.13. The number of hydrogen-bond acceptors (Lipinski definition) is 2. The van der Waals surface area contributed by atoms with Gasteiger partial charge >= 0.3 is 0 Å². The molecule has 2 heteroatoms. The van der Waals surface area contributed by atoms with Crippen molar-refractivity contribution in [3.05, 3.63) is 11.3 Å². The van der Waals surface area contributed by atoms with Crippen LogP contribution in [0.4, 0.5) is 0 Å². The summed E-state index contributed by atoms with van der Waals surface area (Å²) >= 11 is 0. The van der Waals surface area contributed by atoms with E-state index in [9.17, 15) is 0 Å². The molecule has 0 fully saturated rings. The lowest BCUT2D eigenvalue weighted by Gasteiger charge is -2.09. The normalized spacial score (nSPS) is 14.2. The van der Waals surface area contributed by atoms with Crippen LogP contribution in [0.3, 0.4) is 0 Å². The molecule has 0 heterocycles. The second-order valence-corrected chi connectivity index (χ2v) is 2.92. The molecule has 0 atom stereocenters. The molecule has 0 saturated heterocycles. The Labute approximate surface area is 75.8 Å². The SMILES string of the molecule is CCCC(=N/C)/C(C)=C(\C)NC. The minimum absolute atomic E-state index is 1.07. The highest BCUT2D eigenvalue weighted by Gasteiger charge is 2.02. The molecule has 0 aromatic heterocycles. The van der Waals surface area contributed by atoms with Gasteiger partial charge in [-0.15, -0.1) is 0 Å². The van der Waals surface area contributed by atoms with Gasteiger partial charge in [-0.3, -0.25) is 4.99 Å². The molecule has 0 aliphatic heterocycles. The lowest BCUT2D eigenvalue weighted by atomic mass is 10.1. The summed E-state index contributed by atoms with van der Waals surface area (Å²) < 4.78 is 0. The Morgan fingerprint density at radius 2 is 1.92 bits per heavy atom. The Hall–Kier alpha value is -0.790.